The largest absolute Gasteiger partial charge is 0.490 e. The summed E-state index contributed by atoms with van der Waals surface area (Å²) < 4.78 is 44.5. The van der Waals surface area contributed by atoms with Crippen molar-refractivity contribution < 1.29 is 27.4 Å². The number of rotatable bonds is 5. The molecule has 2 aromatic carbocycles. The molecule has 1 amide bonds. The summed E-state index contributed by atoms with van der Waals surface area (Å²) in [5, 5.41) is 0. The number of sulfonamides is 1. The molecule has 1 saturated heterocycles. The molecule has 9 heteroatoms. The van der Waals surface area contributed by atoms with E-state index in [2.05, 4.69) is 0 Å². The molecule has 2 aliphatic heterocycles. The van der Waals surface area contributed by atoms with E-state index in [9.17, 15) is 13.2 Å². The molecule has 0 N–H and O–H groups in total. The molecule has 172 valence electrons. The predicted octanol–water partition coefficient (Wildman–Crippen LogP) is 2.38. The Morgan fingerprint density at radius 3 is 2.38 bits per heavy atom. The topological polar surface area (TPSA) is 85.4 Å². The number of benzene rings is 2. The fourth-order valence-electron chi connectivity index (χ4n) is 3.67. The summed E-state index contributed by atoms with van der Waals surface area (Å²) in [5.74, 6) is 1.49. The number of nitrogens with zero attached hydrogens (tertiary/aromatic N) is 2. The van der Waals surface area contributed by atoms with Crippen LogP contribution in [-0.4, -0.2) is 69.5 Å². The van der Waals surface area contributed by atoms with Crippen molar-refractivity contribution >= 4 is 15.9 Å². The third-order valence-electron chi connectivity index (χ3n) is 5.79. The van der Waals surface area contributed by atoms with E-state index < -0.39 is 10.0 Å². The standard InChI is InChI=1S/C23H28N2O6S/c1-17-4-5-19(14-18(17)2)31-16-23(26)24-8-10-25(11-9-24)32(27,28)20-6-7-21-22(15-20)30-13-3-12-29-21/h4-7,14-15H,3,8-13,16H2,1-2H3. The molecule has 4 rings (SSSR count). The highest BCUT2D eigenvalue weighted by molar-refractivity contribution is 7.89. The van der Waals surface area contributed by atoms with E-state index >= 15 is 0 Å². The van der Waals surface area contributed by atoms with Gasteiger partial charge in [0.25, 0.3) is 5.91 Å². The molecule has 0 atom stereocenters. The summed E-state index contributed by atoms with van der Waals surface area (Å²) in [7, 11) is -3.69. The van der Waals surface area contributed by atoms with Gasteiger partial charge in [-0.15, -0.1) is 0 Å². The van der Waals surface area contributed by atoms with Crippen LogP contribution in [0.1, 0.15) is 17.5 Å². The average molecular weight is 461 g/mol. The second-order valence-corrected chi connectivity index (χ2v) is 9.92. The monoisotopic (exact) mass is 460 g/mol. The number of fused-ring (bicyclic) bond motifs is 1. The average Bonchev–Trinajstić information content (AvgIpc) is 3.04. The number of ether oxygens (including phenoxy) is 3. The maximum atomic E-state index is 13.1. The Balaban J connectivity index is 1.34. The third-order valence-corrected chi connectivity index (χ3v) is 7.68. The lowest BCUT2D eigenvalue weighted by Crippen LogP contribution is -2.51. The molecule has 0 spiro atoms. The lowest BCUT2D eigenvalue weighted by Gasteiger charge is -2.34. The van der Waals surface area contributed by atoms with Crippen LogP contribution in [0.4, 0.5) is 0 Å². The van der Waals surface area contributed by atoms with Gasteiger partial charge in [-0.2, -0.15) is 4.31 Å². The molecule has 0 bridgehead atoms. The maximum Gasteiger partial charge on any atom is 0.260 e. The van der Waals surface area contributed by atoms with Crippen molar-refractivity contribution in [2.45, 2.75) is 25.2 Å². The summed E-state index contributed by atoms with van der Waals surface area (Å²) >= 11 is 0. The number of hydrogen-bond acceptors (Lipinski definition) is 6. The highest BCUT2D eigenvalue weighted by Crippen LogP contribution is 2.33. The minimum absolute atomic E-state index is 0.0720. The first kappa shape index (κ1) is 22.4. The van der Waals surface area contributed by atoms with Crippen molar-refractivity contribution in [2.24, 2.45) is 0 Å². The first-order chi connectivity index (χ1) is 15.3. The van der Waals surface area contributed by atoms with Gasteiger partial charge in [0, 0.05) is 38.7 Å². The lowest BCUT2D eigenvalue weighted by molar-refractivity contribution is -0.134. The molecule has 1 fully saturated rings. The van der Waals surface area contributed by atoms with Crippen molar-refractivity contribution in [2.75, 3.05) is 46.0 Å². The van der Waals surface area contributed by atoms with E-state index in [0.29, 0.717) is 43.6 Å². The zero-order chi connectivity index (χ0) is 22.7. The summed E-state index contributed by atoms with van der Waals surface area (Å²) in [6.07, 6.45) is 0.750. The van der Waals surface area contributed by atoms with Gasteiger partial charge in [0.15, 0.2) is 18.1 Å². The van der Waals surface area contributed by atoms with Gasteiger partial charge in [-0.25, -0.2) is 8.42 Å². The smallest absolute Gasteiger partial charge is 0.260 e. The Hall–Kier alpha value is -2.78. The SMILES string of the molecule is Cc1ccc(OCC(=O)N2CCN(S(=O)(=O)c3ccc4c(c3)OCCCO4)CC2)cc1C. The highest BCUT2D eigenvalue weighted by Gasteiger charge is 2.31. The zero-order valence-electron chi connectivity index (χ0n) is 18.4. The molecule has 2 aromatic rings. The second-order valence-electron chi connectivity index (χ2n) is 7.98. The van der Waals surface area contributed by atoms with Crippen LogP contribution in [0.3, 0.4) is 0 Å². The molecule has 2 heterocycles. The second kappa shape index (κ2) is 9.38. The predicted molar refractivity (Wildman–Crippen MR) is 119 cm³/mol. The van der Waals surface area contributed by atoms with E-state index in [1.165, 1.54) is 16.4 Å². The van der Waals surface area contributed by atoms with Gasteiger partial charge in [-0.1, -0.05) is 6.07 Å². The fourth-order valence-corrected chi connectivity index (χ4v) is 5.11. The van der Waals surface area contributed by atoms with Gasteiger partial charge in [0.1, 0.15) is 5.75 Å². The van der Waals surface area contributed by atoms with E-state index in [1.54, 1.807) is 11.0 Å². The lowest BCUT2D eigenvalue weighted by atomic mass is 10.1. The number of carbonyl (C=O) groups excluding carboxylic acids is 1. The molecule has 2 aliphatic rings. The van der Waals surface area contributed by atoms with Crippen LogP contribution < -0.4 is 14.2 Å². The van der Waals surface area contributed by atoms with Crippen molar-refractivity contribution in [3.05, 3.63) is 47.5 Å². The van der Waals surface area contributed by atoms with Gasteiger partial charge in [0.2, 0.25) is 10.0 Å². The quantitative estimate of drug-likeness (QED) is 0.681. The van der Waals surface area contributed by atoms with Crippen LogP contribution >= 0.6 is 0 Å². The van der Waals surface area contributed by atoms with Gasteiger partial charge < -0.3 is 19.1 Å². The molecule has 0 aliphatic carbocycles. The molecule has 32 heavy (non-hydrogen) atoms. The molecule has 0 radical (unpaired) electrons. The minimum Gasteiger partial charge on any atom is -0.490 e. The van der Waals surface area contributed by atoms with Crippen LogP contribution in [0.5, 0.6) is 17.2 Å². The van der Waals surface area contributed by atoms with Crippen molar-refractivity contribution in [1.82, 2.24) is 9.21 Å². The summed E-state index contributed by atoms with van der Waals surface area (Å²) in [6, 6.07) is 10.4. The van der Waals surface area contributed by atoms with Crippen LogP contribution in [0.15, 0.2) is 41.3 Å². The van der Waals surface area contributed by atoms with Crippen molar-refractivity contribution in [1.29, 1.82) is 0 Å². The molecule has 0 unspecified atom stereocenters. The van der Waals surface area contributed by atoms with Crippen LogP contribution in [0, 0.1) is 13.8 Å². The first-order valence-corrected chi connectivity index (χ1v) is 12.2. The fraction of sp³-hybridized carbons (Fsp3) is 0.435. The molecule has 8 nitrogen and oxygen atoms in total. The Kier molecular flexibility index (Phi) is 6.57. The summed E-state index contributed by atoms with van der Waals surface area (Å²) in [6.45, 7) is 6.06. The van der Waals surface area contributed by atoms with Crippen LogP contribution in [-0.2, 0) is 14.8 Å². The highest BCUT2D eigenvalue weighted by atomic mass is 32.2. The van der Waals surface area contributed by atoms with Crippen LogP contribution in [0.2, 0.25) is 0 Å². The molecular weight excluding hydrogens is 432 g/mol. The Labute approximate surface area is 188 Å². The Morgan fingerprint density at radius 2 is 1.66 bits per heavy atom. The number of carbonyl (C=O) groups is 1. The van der Waals surface area contributed by atoms with E-state index in [-0.39, 0.29) is 30.5 Å². The van der Waals surface area contributed by atoms with Gasteiger partial charge in [-0.3, -0.25) is 4.79 Å². The molecular formula is C23H28N2O6S. The minimum atomic E-state index is -3.69. The van der Waals surface area contributed by atoms with Gasteiger partial charge >= 0.3 is 0 Å². The van der Waals surface area contributed by atoms with Gasteiger partial charge in [0.05, 0.1) is 18.1 Å². The van der Waals surface area contributed by atoms with E-state index in [4.69, 9.17) is 14.2 Å². The first-order valence-electron chi connectivity index (χ1n) is 10.7. The zero-order valence-corrected chi connectivity index (χ0v) is 19.2. The maximum absolute atomic E-state index is 13.1. The van der Waals surface area contributed by atoms with Crippen LogP contribution in [0.25, 0.3) is 0 Å². The normalized spacial score (nSPS) is 17.0. The van der Waals surface area contributed by atoms with E-state index in [0.717, 1.165) is 17.5 Å². The molecule has 0 saturated carbocycles. The Bertz CT molecular complexity index is 1090. The summed E-state index contributed by atoms with van der Waals surface area (Å²) in [5.41, 5.74) is 2.26. The number of aryl methyl sites for hydroxylation is 2. The third kappa shape index (κ3) is 4.83. The number of amides is 1. The van der Waals surface area contributed by atoms with Crippen molar-refractivity contribution in [3.8, 4) is 17.2 Å². The van der Waals surface area contributed by atoms with Gasteiger partial charge in [-0.05, 0) is 49.2 Å². The Morgan fingerprint density at radius 1 is 0.938 bits per heavy atom. The van der Waals surface area contributed by atoms with E-state index in [1.807, 2.05) is 32.0 Å². The number of hydrogen-bond donors (Lipinski definition) is 0. The number of piperazine rings is 1. The summed E-state index contributed by atoms with van der Waals surface area (Å²) in [4.78, 5) is 14.4. The van der Waals surface area contributed by atoms with Crippen molar-refractivity contribution in [3.63, 3.8) is 0 Å². The molecule has 0 aromatic heterocycles.